The van der Waals surface area contributed by atoms with Crippen molar-refractivity contribution in [3.63, 3.8) is 0 Å². The highest BCUT2D eigenvalue weighted by atomic mass is 32.2. The lowest BCUT2D eigenvalue weighted by molar-refractivity contribution is 0.0997. The summed E-state index contributed by atoms with van der Waals surface area (Å²) in [7, 11) is 0. The van der Waals surface area contributed by atoms with Gasteiger partial charge in [0.05, 0.1) is 17.4 Å². The molecule has 0 saturated carbocycles. The number of hydrogen-bond acceptors (Lipinski definition) is 5. The van der Waals surface area contributed by atoms with Crippen LogP contribution in [0.3, 0.4) is 0 Å². The van der Waals surface area contributed by atoms with Gasteiger partial charge in [0.1, 0.15) is 10.1 Å². The summed E-state index contributed by atoms with van der Waals surface area (Å²) in [6.45, 7) is 3.91. The van der Waals surface area contributed by atoms with Crippen LogP contribution in [0.5, 0.6) is 0 Å². The molecule has 0 fully saturated rings. The molecule has 2 rings (SSSR count). The first-order valence-electron chi connectivity index (χ1n) is 5.64. The molecule has 1 amide bonds. The Morgan fingerprint density at radius 1 is 1.26 bits per heavy atom. The molecule has 19 heavy (non-hydrogen) atoms. The van der Waals surface area contributed by atoms with Gasteiger partial charge in [0, 0.05) is 5.69 Å². The van der Waals surface area contributed by atoms with Crippen LogP contribution in [0.4, 0.5) is 5.69 Å². The van der Waals surface area contributed by atoms with E-state index >= 15 is 0 Å². The summed E-state index contributed by atoms with van der Waals surface area (Å²) in [5, 5.41) is 1.29. The van der Waals surface area contributed by atoms with Crippen LogP contribution in [-0.4, -0.2) is 15.9 Å². The van der Waals surface area contributed by atoms with E-state index in [4.69, 9.17) is 11.5 Å². The van der Waals surface area contributed by atoms with E-state index in [2.05, 4.69) is 9.97 Å². The third-order valence-corrected chi connectivity index (χ3v) is 3.35. The quantitative estimate of drug-likeness (QED) is 0.891. The minimum atomic E-state index is -0.549. The van der Waals surface area contributed by atoms with Crippen molar-refractivity contribution in [1.29, 1.82) is 0 Å². The molecule has 0 aliphatic rings. The van der Waals surface area contributed by atoms with E-state index in [-0.39, 0.29) is 0 Å². The molecule has 2 heterocycles. The smallest absolute Gasteiger partial charge is 0.251 e. The number of primary amides is 1. The molecule has 98 valence electrons. The monoisotopic (exact) mass is 274 g/mol. The summed E-state index contributed by atoms with van der Waals surface area (Å²) < 4.78 is 0. The lowest BCUT2D eigenvalue weighted by Crippen LogP contribution is -2.13. The molecule has 0 atom stereocenters. The van der Waals surface area contributed by atoms with Crippen molar-refractivity contribution in [2.24, 2.45) is 5.73 Å². The van der Waals surface area contributed by atoms with E-state index in [1.807, 2.05) is 26.0 Å². The number of amides is 1. The summed E-state index contributed by atoms with van der Waals surface area (Å²) in [4.78, 5) is 19.9. The van der Waals surface area contributed by atoms with Crippen LogP contribution in [-0.2, 0) is 0 Å². The Balaban J connectivity index is 2.40. The van der Waals surface area contributed by atoms with Crippen molar-refractivity contribution in [2.75, 3.05) is 5.73 Å². The molecule has 0 saturated heterocycles. The Bertz CT molecular complexity index is 622. The first kappa shape index (κ1) is 13.4. The van der Waals surface area contributed by atoms with Gasteiger partial charge in [0.15, 0.2) is 0 Å². The molecule has 0 unspecified atom stereocenters. The Hall–Kier alpha value is -2.08. The molecule has 0 radical (unpaired) electrons. The zero-order chi connectivity index (χ0) is 14.0. The first-order valence-corrected chi connectivity index (χ1v) is 6.46. The zero-order valence-corrected chi connectivity index (χ0v) is 11.5. The van der Waals surface area contributed by atoms with Gasteiger partial charge in [-0.25, -0.2) is 9.97 Å². The molecule has 0 aliphatic carbocycles. The Morgan fingerprint density at radius 2 is 2.00 bits per heavy atom. The fourth-order valence-corrected chi connectivity index (χ4v) is 2.69. The molecule has 6 heteroatoms. The lowest BCUT2D eigenvalue weighted by Gasteiger charge is -2.07. The van der Waals surface area contributed by atoms with E-state index in [0.717, 1.165) is 16.3 Å². The van der Waals surface area contributed by atoms with E-state index < -0.39 is 5.91 Å². The number of rotatable bonds is 3. The second-order valence-electron chi connectivity index (χ2n) is 4.21. The SMILES string of the molecule is Cc1cc(C)nc(Sc2ncc(N)cc2C(N)=O)c1. The average Bonchev–Trinajstić information content (AvgIpc) is 2.30. The van der Waals surface area contributed by atoms with Crippen molar-refractivity contribution in [3.8, 4) is 0 Å². The van der Waals surface area contributed by atoms with Crippen molar-refractivity contribution >= 4 is 23.4 Å². The summed E-state index contributed by atoms with van der Waals surface area (Å²) in [5.74, 6) is -0.549. The number of carbonyl (C=O) groups excluding carboxylic acids is 1. The van der Waals surface area contributed by atoms with E-state index in [9.17, 15) is 4.79 Å². The summed E-state index contributed by atoms with van der Waals surface area (Å²) in [6, 6.07) is 5.44. The average molecular weight is 274 g/mol. The van der Waals surface area contributed by atoms with Gasteiger partial charge >= 0.3 is 0 Å². The molecule has 0 aromatic carbocycles. The highest BCUT2D eigenvalue weighted by Gasteiger charge is 2.12. The van der Waals surface area contributed by atoms with Crippen LogP contribution in [0.25, 0.3) is 0 Å². The number of nitrogen functional groups attached to an aromatic ring is 1. The Kier molecular flexibility index (Phi) is 3.71. The number of hydrogen-bond donors (Lipinski definition) is 2. The number of aromatic nitrogens is 2. The normalized spacial score (nSPS) is 10.4. The summed E-state index contributed by atoms with van der Waals surface area (Å²) in [6.07, 6.45) is 1.50. The molecule has 4 N–H and O–H groups in total. The topological polar surface area (TPSA) is 94.9 Å². The number of nitrogens with two attached hydrogens (primary N) is 2. The van der Waals surface area contributed by atoms with Gasteiger partial charge in [-0.3, -0.25) is 4.79 Å². The van der Waals surface area contributed by atoms with Gasteiger partial charge in [-0.15, -0.1) is 0 Å². The van der Waals surface area contributed by atoms with Crippen molar-refractivity contribution in [1.82, 2.24) is 9.97 Å². The minimum Gasteiger partial charge on any atom is -0.397 e. The molecule has 5 nitrogen and oxygen atoms in total. The molecule has 0 spiro atoms. The fourth-order valence-electron chi connectivity index (χ4n) is 1.68. The summed E-state index contributed by atoms with van der Waals surface area (Å²) in [5.41, 5.74) is 13.7. The number of anilines is 1. The Morgan fingerprint density at radius 3 is 2.63 bits per heavy atom. The molecular formula is C13H14N4OS. The maximum Gasteiger partial charge on any atom is 0.251 e. The molecular weight excluding hydrogens is 260 g/mol. The van der Waals surface area contributed by atoms with Crippen LogP contribution in [0.15, 0.2) is 34.4 Å². The number of aryl methyl sites for hydroxylation is 2. The minimum absolute atomic E-state index is 0.311. The molecule has 2 aromatic heterocycles. The van der Waals surface area contributed by atoms with Gasteiger partial charge in [-0.2, -0.15) is 0 Å². The number of carbonyl (C=O) groups is 1. The number of nitrogens with zero attached hydrogens (tertiary/aromatic N) is 2. The second kappa shape index (κ2) is 5.27. The van der Waals surface area contributed by atoms with E-state index in [0.29, 0.717) is 16.3 Å². The predicted molar refractivity (Wildman–Crippen MR) is 75.0 cm³/mol. The van der Waals surface area contributed by atoms with Gasteiger partial charge < -0.3 is 11.5 Å². The maximum absolute atomic E-state index is 11.4. The van der Waals surface area contributed by atoms with Crippen LogP contribution in [0.2, 0.25) is 0 Å². The Labute approximate surface area is 115 Å². The maximum atomic E-state index is 11.4. The molecule has 0 bridgehead atoms. The third kappa shape index (κ3) is 3.23. The standard InChI is InChI=1S/C13H14N4OS/c1-7-3-8(2)17-11(4-7)19-13-10(12(15)18)5-9(14)6-16-13/h3-6H,14H2,1-2H3,(H2,15,18). The van der Waals surface area contributed by atoms with Gasteiger partial charge in [-0.05, 0) is 49.4 Å². The fraction of sp³-hybridized carbons (Fsp3) is 0.154. The van der Waals surface area contributed by atoms with Crippen molar-refractivity contribution < 1.29 is 4.79 Å². The predicted octanol–water partition coefficient (Wildman–Crippen LogP) is 1.93. The highest BCUT2D eigenvalue weighted by Crippen LogP contribution is 2.28. The van der Waals surface area contributed by atoms with Gasteiger partial charge in [0.2, 0.25) is 0 Å². The van der Waals surface area contributed by atoms with Crippen LogP contribution in [0, 0.1) is 13.8 Å². The second-order valence-corrected chi connectivity index (χ2v) is 5.22. The summed E-state index contributed by atoms with van der Waals surface area (Å²) >= 11 is 1.30. The van der Waals surface area contributed by atoms with Crippen LogP contribution in [0.1, 0.15) is 21.6 Å². The largest absolute Gasteiger partial charge is 0.397 e. The van der Waals surface area contributed by atoms with E-state index in [1.165, 1.54) is 24.0 Å². The van der Waals surface area contributed by atoms with Crippen LogP contribution < -0.4 is 11.5 Å². The van der Waals surface area contributed by atoms with Crippen molar-refractivity contribution in [3.05, 3.63) is 41.2 Å². The molecule has 2 aromatic rings. The number of pyridine rings is 2. The lowest BCUT2D eigenvalue weighted by atomic mass is 10.2. The van der Waals surface area contributed by atoms with Gasteiger partial charge in [-0.1, -0.05) is 0 Å². The molecule has 0 aliphatic heterocycles. The first-order chi connectivity index (χ1) is 8.95. The van der Waals surface area contributed by atoms with Crippen LogP contribution >= 0.6 is 11.8 Å². The van der Waals surface area contributed by atoms with E-state index in [1.54, 1.807) is 0 Å². The van der Waals surface area contributed by atoms with Crippen molar-refractivity contribution in [2.45, 2.75) is 23.9 Å². The van der Waals surface area contributed by atoms with Gasteiger partial charge in [0.25, 0.3) is 5.91 Å². The zero-order valence-electron chi connectivity index (χ0n) is 10.7. The highest BCUT2D eigenvalue weighted by molar-refractivity contribution is 7.99. The third-order valence-electron chi connectivity index (χ3n) is 2.41.